The fourth-order valence-corrected chi connectivity index (χ4v) is 6.57. The number of benzene rings is 2. The van der Waals surface area contributed by atoms with Crippen LogP contribution in [0.3, 0.4) is 0 Å². The van der Waals surface area contributed by atoms with Crippen LogP contribution in [0.25, 0.3) is 10.9 Å². The Labute approximate surface area is 257 Å². The van der Waals surface area contributed by atoms with Gasteiger partial charge in [0.15, 0.2) is 0 Å². The van der Waals surface area contributed by atoms with Crippen LogP contribution in [-0.2, 0) is 27.3 Å². The minimum absolute atomic E-state index is 0.0223. The Kier molecular flexibility index (Phi) is 10.2. The zero-order valence-corrected chi connectivity index (χ0v) is 25.6. The van der Waals surface area contributed by atoms with Gasteiger partial charge in [-0.2, -0.15) is 0 Å². The van der Waals surface area contributed by atoms with Crippen molar-refractivity contribution >= 4 is 51.8 Å². The Morgan fingerprint density at radius 2 is 1.74 bits per heavy atom. The molecule has 3 aromatic rings. The standard InChI is InChI=1S/C32H39Cl2N5O3/c1-22(40)39(20-23-11-12-27(33)28(34)17-23)32(42)30(18-24-19-35-29-10-6-5-9-26(24)29)36-31(41)21-37-13-15-38(16-14-37)25-7-3-2-4-8-25/h5-6,9-12,17,19,25,30,35H,2-4,7-8,13-16,18,20-21H2,1H3,(H,36,41). The van der Waals surface area contributed by atoms with Crippen molar-refractivity contribution in [3.05, 3.63) is 69.8 Å². The van der Waals surface area contributed by atoms with Gasteiger partial charge < -0.3 is 10.3 Å². The molecular weight excluding hydrogens is 573 g/mol. The van der Waals surface area contributed by atoms with Gasteiger partial charge in [-0.05, 0) is 42.2 Å². The second-order valence-electron chi connectivity index (χ2n) is 11.5. The van der Waals surface area contributed by atoms with Crippen molar-refractivity contribution in [2.75, 3.05) is 32.7 Å². The fourth-order valence-electron chi connectivity index (χ4n) is 6.25. The monoisotopic (exact) mass is 611 g/mol. The van der Waals surface area contributed by atoms with Crippen molar-refractivity contribution in [3.63, 3.8) is 0 Å². The normalized spacial score (nSPS) is 17.7. The van der Waals surface area contributed by atoms with Gasteiger partial charge in [-0.1, -0.05) is 66.7 Å². The average molecular weight is 613 g/mol. The lowest BCUT2D eigenvalue weighted by Gasteiger charge is -2.40. The van der Waals surface area contributed by atoms with Gasteiger partial charge in [0.25, 0.3) is 5.91 Å². The zero-order valence-electron chi connectivity index (χ0n) is 24.1. The molecule has 8 nitrogen and oxygen atoms in total. The van der Waals surface area contributed by atoms with Gasteiger partial charge in [0.2, 0.25) is 11.8 Å². The van der Waals surface area contributed by atoms with Crippen molar-refractivity contribution in [3.8, 4) is 0 Å². The summed E-state index contributed by atoms with van der Waals surface area (Å²) in [5.41, 5.74) is 2.50. The number of carbonyl (C=O) groups excluding carboxylic acids is 3. The SMILES string of the molecule is CC(=O)N(Cc1ccc(Cl)c(Cl)c1)C(=O)C(Cc1c[nH]c2ccccc12)NC(=O)CN1CCN(C2CCCCC2)CC1. The second kappa shape index (κ2) is 14.0. The molecular formula is C32H39Cl2N5O3. The molecule has 224 valence electrons. The number of piperazine rings is 1. The third kappa shape index (κ3) is 7.53. The summed E-state index contributed by atoms with van der Waals surface area (Å²) in [6.45, 7) is 5.14. The van der Waals surface area contributed by atoms with E-state index < -0.39 is 17.9 Å². The van der Waals surface area contributed by atoms with E-state index in [1.165, 1.54) is 43.9 Å². The van der Waals surface area contributed by atoms with Gasteiger partial charge in [0.05, 0.1) is 23.1 Å². The van der Waals surface area contributed by atoms with Crippen LogP contribution in [0.4, 0.5) is 0 Å². The summed E-state index contributed by atoms with van der Waals surface area (Å²) in [6.07, 6.45) is 8.60. The summed E-state index contributed by atoms with van der Waals surface area (Å²) in [4.78, 5) is 49.2. The molecule has 1 aromatic heterocycles. The first-order valence-corrected chi connectivity index (χ1v) is 15.6. The van der Waals surface area contributed by atoms with E-state index in [1.807, 2.05) is 30.5 Å². The summed E-state index contributed by atoms with van der Waals surface area (Å²) in [5, 5.41) is 4.70. The summed E-state index contributed by atoms with van der Waals surface area (Å²) in [7, 11) is 0. The number of imide groups is 1. The Morgan fingerprint density at radius 3 is 2.45 bits per heavy atom. The second-order valence-corrected chi connectivity index (χ2v) is 12.3. The molecule has 1 unspecified atom stereocenters. The molecule has 0 radical (unpaired) electrons. The van der Waals surface area contributed by atoms with E-state index >= 15 is 0 Å². The molecule has 1 atom stereocenters. The first-order chi connectivity index (χ1) is 20.3. The summed E-state index contributed by atoms with van der Waals surface area (Å²) in [6, 6.07) is 12.6. The number of carbonyl (C=O) groups is 3. The molecule has 1 aliphatic carbocycles. The van der Waals surface area contributed by atoms with Gasteiger partial charge in [-0.15, -0.1) is 0 Å². The topological polar surface area (TPSA) is 88.8 Å². The number of halogens is 2. The third-order valence-electron chi connectivity index (χ3n) is 8.57. The largest absolute Gasteiger partial charge is 0.361 e. The molecule has 10 heteroatoms. The van der Waals surface area contributed by atoms with Gasteiger partial charge >= 0.3 is 0 Å². The molecule has 1 aliphatic heterocycles. The van der Waals surface area contributed by atoms with Crippen LogP contribution >= 0.6 is 23.2 Å². The highest BCUT2D eigenvalue weighted by Crippen LogP contribution is 2.25. The van der Waals surface area contributed by atoms with Crippen LogP contribution < -0.4 is 5.32 Å². The van der Waals surface area contributed by atoms with Crippen LogP contribution in [0.15, 0.2) is 48.7 Å². The molecule has 0 spiro atoms. The quantitative estimate of drug-likeness (QED) is 0.354. The third-order valence-corrected chi connectivity index (χ3v) is 9.31. The number of hydrogen-bond donors (Lipinski definition) is 2. The smallest absolute Gasteiger partial charge is 0.252 e. The van der Waals surface area contributed by atoms with Gasteiger partial charge in [0.1, 0.15) is 6.04 Å². The number of nitrogens with zero attached hydrogens (tertiary/aromatic N) is 3. The predicted molar refractivity (Wildman–Crippen MR) is 167 cm³/mol. The number of amides is 3. The van der Waals surface area contributed by atoms with E-state index in [0.29, 0.717) is 21.7 Å². The van der Waals surface area contributed by atoms with Crippen LogP contribution in [0, 0.1) is 0 Å². The summed E-state index contributed by atoms with van der Waals surface area (Å²) in [5.74, 6) is -1.10. The summed E-state index contributed by atoms with van der Waals surface area (Å²) >= 11 is 12.3. The number of aromatic nitrogens is 1. The van der Waals surface area contributed by atoms with E-state index in [1.54, 1.807) is 18.2 Å². The van der Waals surface area contributed by atoms with Gasteiger partial charge in [-0.3, -0.25) is 29.1 Å². The molecule has 3 amide bonds. The lowest BCUT2D eigenvalue weighted by atomic mass is 9.94. The lowest BCUT2D eigenvalue weighted by Crippen LogP contribution is -2.55. The predicted octanol–water partition coefficient (Wildman–Crippen LogP) is 5.03. The first-order valence-electron chi connectivity index (χ1n) is 14.8. The Morgan fingerprint density at radius 1 is 1.00 bits per heavy atom. The first kappa shape index (κ1) is 30.5. The minimum atomic E-state index is -0.924. The van der Waals surface area contributed by atoms with Crippen LogP contribution in [-0.4, -0.2) is 82.2 Å². The van der Waals surface area contributed by atoms with Crippen LogP contribution in [0.5, 0.6) is 0 Å². The van der Waals surface area contributed by atoms with Crippen LogP contribution in [0.2, 0.25) is 10.0 Å². The van der Waals surface area contributed by atoms with Crippen molar-refractivity contribution in [1.29, 1.82) is 0 Å². The highest BCUT2D eigenvalue weighted by atomic mass is 35.5. The van der Waals surface area contributed by atoms with Gasteiger partial charge in [-0.25, -0.2) is 0 Å². The molecule has 0 bridgehead atoms. The Balaban J connectivity index is 1.29. The van der Waals surface area contributed by atoms with E-state index in [-0.39, 0.29) is 25.4 Å². The van der Waals surface area contributed by atoms with Crippen molar-refractivity contribution in [1.82, 2.24) is 25.0 Å². The lowest BCUT2D eigenvalue weighted by molar-refractivity contribution is -0.147. The number of aromatic amines is 1. The highest BCUT2D eigenvalue weighted by molar-refractivity contribution is 6.42. The molecule has 2 aromatic carbocycles. The fraction of sp³-hybridized carbons (Fsp3) is 0.469. The Hall–Kier alpha value is -2.91. The van der Waals surface area contributed by atoms with E-state index in [9.17, 15) is 14.4 Å². The van der Waals surface area contributed by atoms with Crippen molar-refractivity contribution in [2.24, 2.45) is 0 Å². The maximum Gasteiger partial charge on any atom is 0.252 e. The van der Waals surface area contributed by atoms with E-state index in [0.717, 1.165) is 42.6 Å². The average Bonchev–Trinajstić information content (AvgIpc) is 3.40. The summed E-state index contributed by atoms with van der Waals surface area (Å²) < 4.78 is 0. The van der Waals surface area contributed by atoms with E-state index in [4.69, 9.17) is 23.2 Å². The number of fused-ring (bicyclic) bond motifs is 1. The van der Waals surface area contributed by atoms with Crippen molar-refractivity contribution < 1.29 is 14.4 Å². The van der Waals surface area contributed by atoms with Gasteiger partial charge in [0, 0.05) is 62.7 Å². The molecule has 1 saturated heterocycles. The van der Waals surface area contributed by atoms with Crippen molar-refractivity contribution in [2.45, 2.75) is 64.1 Å². The maximum atomic E-state index is 14.0. The minimum Gasteiger partial charge on any atom is -0.361 e. The number of rotatable bonds is 9. The number of hydrogen-bond acceptors (Lipinski definition) is 5. The van der Waals surface area contributed by atoms with E-state index in [2.05, 4.69) is 20.1 Å². The maximum absolute atomic E-state index is 14.0. The Bertz CT molecular complexity index is 1410. The van der Waals surface area contributed by atoms with Crippen LogP contribution in [0.1, 0.15) is 50.2 Å². The molecule has 5 rings (SSSR count). The number of para-hydroxylation sites is 1. The molecule has 1 saturated carbocycles. The number of nitrogens with one attached hydrogen (secondary N) is 2. The zero-order chi connectivity index (χ0) is 29.6. The molecule has 2 aliphatic rings. The number of H-pyrrole nitrogens is 1. The molecule has 42 heavy (non-hydrogen) atoms. The molecule has 2 N–H and O–H groups in total. The molecule has 2 fully saturated rings. The molecule has 2 heterocycles. The highest BCUT2D eigenvalue weighted by Gasteiger charge is 2.31.